The lowest BCUT2D eigenvalue weighted by molar-refractivity contribution is 0.581. The van der Waals surface area contributed by atoms with Gasteiger partial charge in [-0.3, -0.25) is 4.68 Å². The van der Waals surface area contributed by atoms with Crippen LogP contribution in [0.2, 0.25) is 0 Å². The molecule has 1 atom stereocenters. The number of thiophene rings is 1. The monoisotopic (exact) mass is 504 g/mol. The Morgan fingerprint density at radius 3 is 2.89 bits per heavy atom. The van der Waals surface area contributed by atoms with Crippen LogP contribution in [0.1, 0.15) is 18.5 Å². The van der Waals surface area contributed by atoms with Crippen molar-refractivity contribution in [1.29, 1.82) is 0 Å². The Balaban J connectivity index is 1.52. The van der Waals surface area contributed by atoms with Gasteiger partial charge >= 0.3 is 0 Å². The van der Waals surface area contributed by atoms with Crippen LogP contribution in [-0.2, 0) is 6.54 Å². The molecule has 0 aliphatic heterocycles. The molecule has 10 nitrogen and oxygen atoms in total. The van der Waals surface area contributed by atoms with E-state index in [1.807, 2.05) is 24.3 Å². The minimum Gasteiger partial charge on any atom is -0.352 e. The summed E-state index contributed by atoms with van der Waals surface area (Å²) in [6.45, 7) is 2.73. The first-order chi connectivity index (χ1) is 17.5. The lowest BCUT2D eigenvalue weighted by Crippen LogP contribution is -2.13. The molecule has 0 aliphatic carbocycles. The maximum absolute atomic E-state index is 14.8. The second-order valence-electron chi connectivity index (χ2n) is 7.79. The highest BCUT2D eigenvalue weighted by molar-refractivity contribution is 7.22. The summed E-state index contributed by atoms with van der Waals surface area (Å²) in [5, 5.41) is 15.3. The number of hydrogen-bond acceptors (Lipinski definition) is 8. The summed E-state index contributed by atoms with van der Waals surface area (Å²) in [6, 6.07) is 8.16. The number of benzene rings is 1. The highest BCUT2D eigenvalue weighted by Gasteiger charge is 2.18. The lowest BCUT2D eigenvalue weighted by Gasteiger charge is -2.13. The molecule has 4 heterocycles. The Hall–Kier alpha value is -4.48. The van der Waals surface area contributed by atoms with E-state index in [0.29, 0.717) is 29.1 Å². The van der Waals surface area contributed by atoms with E-state index < -0.39 is 17.8 Å². The Kier molecular flexibility index (Phi) is 6.48. The highest BCUT2D eigenvalue weighted by Crippen LogP contribution is 2.41. The second kappa shape index (κ2) is 10.0. The van der Waals surface area contributed by atoms with Crippen LogP contribution in [0.4, 0.5) is 14.7 Å². The zero-order chi connectivity index (χ0) is 25.1. The molecule has 1 N–H and O–H groups in total. The molecule has 0 radical (unpaired) electrons. The van der Waals surface area contributed by atoms with Crippen molar-refractivity contribution in [2.75, 3.05) is 11.9 Å². The molecule has 0 spiro atoms. The van der Waals surface area contributed by atoms with Gasteiger partial charge in [-0.05, 0) is 28.1 Å². The average molecular weight is 505 g/mol. The van der Waals surface area contributed by atoms with E-state index in [0.717, 1.165) is 21.8 Å². The molecule has 0 aliphatic rings. The third-order valence-corrected chi connectivity index (χ3v) is 6.67. The summed E-state index contributed by atoms with van der Waals surface area (Å²) in [5.41, 5.74) is 10.9. The normalized spacial score (nSPS) is 11.9. The standard InChI is InChI=1S/C23H18F2N10S/c1-13(32-33-26)17-11-28-20(25)10-16(17)15-4-2-3-14-9-19(36-22(14)15)21-18(24)12-29-23(31-21)27-5-7-35-8-6-30-34-35/h2-4,6,8-13H,5,7H2,1H3,(H,27,29,31). The van der Waals surface area contributed by atoms with E-state index in [1.165, 1.54) is 23.6 Å². The number of rotatable bonds is 8. The van der Waals surface area contributed by atoms with Crippen molar-refractivity contribution in [3.8, 4) is 21.7 Å². The van der Waals surface area contributed by atoms with E-state index in [9.17, 15) is 8.78 Å². The van der Waals surface area contributed by atoms with Crippen molar-refractivity contribution in [1.82, 2.24) is 29.9 Å². The molecular weight excluding hydrogens is 486 g/mol. The number of nitrogens with one attached hydrogen (secondary N) is 1. The number of nitrogens with zero attached hydrogens (tertiary/aromatic N) is 9. The lowest BCUT2D eigenvalue weighted by atomic mass is 9.97. The van der Waals surface area contributed by atoms with E-state index >= 15 is 0 Å². The summed E-state index contributed by atoms with van der Waals surface area (Å²) >= 11 is 1.33. The first-order valence-corrected chi connectivity index (χ1v) is 11.7. The van der Waals surface area contributed by atoms with Gasteiger partial charge in [-0.25, -0.2) is 19.3 Å². The third-order valence-electron chi connectivity index (χ3n) is 5.48. The van der Waals surface area contributed by atoms with Crippen LogP contribution in [0, 0.1) is 11.8 Å². The first-order valence-electron chi connectivity index (χ1n) is 10.9. The number of azide groups is 1. The number of fused-ring (bicyclic) bond motifs is 1. The highest BCUT2D eigenvalue weighted by atomic mass is 32.1. The van der Waals surface area contributed by atoms with Crippen molar-refractivity contribution in [2.45, 2.75) is 19.5 Å². The van der Waals surface area contributed by atoms with Crippen LogP contribution >= 0.6 is 11.3 Å². The van der Waals surface area contributed by atoms with Gasteiger partial charge in [-0.1, -0.05) is 35.5 Å². The second-order valence-corrected chi connectivity index (χ2v) is 8.84. The van der Waals surface area contributed by atoms with Gasteiger partial charge in [0.05, 0.1) is 29.9 Å². The fourth-order valence-electron chi connectivity index (χ4n) is 3.80. The number of halogens is 2. The van der Waals surface area contributed by atoms with Crippen LogP contribution in [0.25, 0.3) is 42.2 Å². The van der Waals surface area contributed by atoms with Gasteiger partial charge in [0.25, 0.3) is 0 Å². The van der Waals surface area contributed by atoms with E-state index in [1.54, 1.807) is 24.0 Å². The molecule has 5 rings (SSSR count). The van der Waals surface area contributed by atoms with Crippen LogP contribution in [0.3, 0.4) is 0 Å². The van der Waals surface area contributed by atoms with Gasteiger partial charge in [-0.2, -0.15) is 4.39 Å². The molecule has 0 saturated heterocycles. The molecule has 0 amide bonds. The zero-order valence-electron chi connectivity index (χ0n) is 18.9. The van der Waals surface area contributed by atoms with Crippen molar-refractivity contribution in [3.05, 3.63) is 82.9 Å². The van der Waals surface area contributed by atoms with Crippen LogP contribution < -0.4 is 5.32 Å². The molecule has 0 fully saturated rings. The molecular formula is C23H18F2N10S. The van der Waals surface area contributed by atoms with E-state index in [-0.39, 0.29) is 11.6 Å². The number of aromatic nitrogens is 6. The fraction of sp³-hybridized carbons (Fsp3) is 0.174. The fourth-order valence-corrected chi connectivity index (χ4v) is 4.98. The predicted molar refractivity (Wildman–Crippen MR) is 132 cm³/mol. The van der Waals surface area contributed by atoms with Crippen LogP contribution in [0.15, 0.2) is 60.2 Å². The Morgan fingerprint density at radius 1 is 1.19 bits per heavy atom. The number of pyridine rings is 1. The maximum atomic E-state index is 14.8. The van der Waals surface area contributed by atoms with Gasteiger partial charge < -0.3 is 5.32 Å². The molecule has 13 heteroatoms. The van der Waals surface area contributed by atoms with Crippen molar-refractivity contribution >= 4 is 27.4 Å². The number of anilines is 1. The largest absolute Gasteiger partial charge is 0.352 e. The summed E-state index contributed by atoms with van der Waals surface area (Å²) in [6.07, 6.45) is 5.83. The predicted octanol–water partition coefficient (Wildman–Crippen LogP) is 5.77. The van der Waals surface area contributed by atoms with Gasteiger partial charge in [0.2, 0.25) is 11.9 Å². The quantitative estimate of drug-likeness (QED) is 0.123. The molecule has 1 aromatic carbocycles. The summed E-state index contributed by atoms with van der Waals surface area (Å²) in [7, 11) is 0. The van der Waals surface area contributed by atoms with E-state index in [4.69, 9.17) is 5.53 Å². The SMILES string of the molecule is CC(N=[N+]=[N-])c1cnc(F)cc1-c1cccc2cc(-c3nc(NCCn4ccnn4)ncc3F)sc12. The van der Waals surface area contributed by atoms with Crippen molar-refractivity contribution in [2.24, 2.45) is 5.11 Å². The van der Waals surface area contributed by atoms with Crippen LogP contribution in [-0.4, -0.2) is 36.5 Å². The molecule has 1 unspecified atom stereocenters. The smallest absolute Gasteiger partial charge is 0.223 e. The molecule has 0 bridgehead atoms. The molecule has 4 aromatic heterocycles. The minimum atomic E-state index is -0.654. The Labute approximate surface area is 207 Å². The molecule has 5 aromatic rings. The Bertz CT molecular complexity index is 1580. The van der Waals surface area contributed by atoms with Gasteiger partial charge in [0, 0.05) is 40.2 Å². The topological polar surface area (TPSA) is 130 Å². The van der Waals surface area contributed by atoms with Gasteiger partial charge in [0.1, 0.15) is 5.69 Å². The van der Waals surface area contributed by atoms with Gasteiger partial charge in [0.15, 0.2) is 5.82 Å². The first kappa shape index (κ1) is 23.3. The Morgan fingerprint density at radius 2 is 2.08 bits per heavy atom. The van der Waals surface area contributed by atoms with Crippen molar-refractivity contribution < 1.29 is 8.78 Å². The maximum Gasteiger partial charge on any atom is 0.223 e. The summed E-state index contributed by atoms with van der Waals surface area (Å²) < 4.78 is 31.4. The summed E-state index contributed by atoms with van der Waals surface area (Å²) in [5.74, 6) is -0.928. The average Bonchev–Trinajstić information content (AvgIpc) is 3.55. The number of hydrogen-bond donors (Lipinski definition) is 1. The summed E-state index contributed by atoms with van der Waals surface area (Å²) in [4.78, 5) is 15.6. The van der Waals surface area contributed by atoms with Crippen molar-refractivity contribution in [3.63, 3.8) is 0 Å². The van der Waals surface area contributed by atoms with E-state index in [2.05, 4.69) is 40.6 Å². The van der Waals surface area contributed by atoms with Gasteiger partial charge in [-0.15, -0.1) is 16.4 Å². The molecule has 36 heavy (non-hydrogen) atoms. The zero-order valence-corrected chi connectivity index (χ0v) is 19.7. The van der Waals surface area contributed by atoms with Crippen LogP contribution in [0.5, 0.6) is 0 Å². The molecule has 180 valence electrons. The molecule has 0 saturated carbocycles. The minimum absolute atomic E-state index is 0.156. The third kappa shape index (κ3) is 4.69.